The third kappa shape index (κ3) is 4.96. The minimum atomic E-state index is -0.773. The normalized spacial score (nSPS) is 19.4. The maximum Gasteiger partial charge on any atom is 0.254 e. The lowest BCUT2D eigenvalue weighted by Gasteiger charge is -2.35. The zero-order chi connectivity index (χ0) is 27.0. The molecule has 2 aromatic rings. The van der Waals surface area contributed by atoms with Crippen LogP contribution in [0.4, 0.5) is 0 Å². The highest BCUT2D eigenvalue weighted by molar-refractivity contribution is 6.19. The van der Waals surface area contributed by atoms with E-state index >= 15 is 0 Å². The van der Waals surface area contributed by atoms with Crippen molar-refractivity contribution in [3.8, 4) is 17.2 Å². The zero-order valence-electron chi connectivity index (χ0n) is 23.0. The molecule has 2 amide bonds. The average Bonchev–Trinajstić information content (AvgIpc) is 3.73. The van der Waals surface area contributed by atoms with E-state index in [4.69, 9.17) is 19.3 Å². The molecule has 3 aliphatic rings. The van der Waals surface area contributed by atoms with Crippen molar-refractivity contribution in [2.24, 2.45) is 16.4 Å². The summed E-state index contributed by atoms with van der Waals surface area (Å²) in [4.78, 5) is 28.8. The molecule has 202 valence electrons. The van der Waals surface area contributed by atoms with E-state index in [-0.39, 0.29) is 17.9 Å². The topological polar surface area (TPSA) is 80.7 Å². The summed E-state index contributed by atoms with van der Waals surface area (Å²) in [6.07, 6.45) is 3.80. The molecule has 0 N–H and O–H groups in total. The summed E-state index contributed by atoms with van der Waals surface area (Å²) >= 11 is 0. The van der Waals surface area contributed by atoms with Crippen LogP contribution < -0.4 is 14.2 Å². The summed E-state index contributed by atoms with van der Waals surface area (Å²) in [6.45, 7) is 7.63. The molecule has 1 aliphatic carbocycles. The van der Waals surface area contributed by atoms with Crippen LogP contribution in [0.1, 0.15) is 61.0 Å². The van der Waals surface area contributed by atoms with Crippen molar-refractivity contribution in [2.75, 3.05) is 33.9 Å². The number of methoxy groups -OCH3 is 2. The molecular formula is C30H37N3O5. The van der Waals surface area contributed by atoms with Crippen LogP contribution in [0.15, 0.2) is 41.5 Å². The van der Waals surface area contributed by atoms with Crippen molar-refractivity contribution < 1.29 is 23.8 Å². The fourth-order valence-electron chi connectivity index (χ4n) is 5.22. The maximum absolute atomic E-state index is 13.5. The second-order valence-electron chi connectivity index (χ2n) is 11.0. The van der Waals surface area contributed by atoms with Gasteiger partial charge in [0.1, 0.15) is 5.75 Å². The van der Waals surface area contributed by atoms with Crippen molar-refractivity contribution in [3.63, 3.8) is 0 Å². The number of amides is 2. The molecule has 0 bridgehead atoms. The molecule has 2 aliphatic heterocycles. The summed E-state index contributed by atoms with van der Waals surface area (Å²) < 4.78 is 16.7. The first-order valence-electron chi connectivity index (χ1n) is 13.4. The van der Waals surface area contributed by atoms with Gasteiger partial charge in [0.05, 0.1) is 38.0 Å². The van der Waals surface area contributed by atoms with E-state index in [1.807, 2.05) is 62.1 Å². The second-order valence-corrected chi connectivity index (χ2v) is 11.0. The number of piperidine rings is 1. The minimum Gasteiger partial charge on any atom is -0.493 e. The molecule has 0 aromatic heterocycles. The summed E-state index contributed by atoms with van der Waals surface area (Å²) in [5, 5.41) is 6.47. The maximum atomic E-state index is 13.5. The van der Waals surface area contributed by atoms with Crippen LogP contribution in [0.25, 0.3) is 0 Å². The fourth-order valence-corrected chi connectivity index (χ4v) is 5.22. The third-order valence-corrected chi connectivity index (χ3v) is 7.92. The minimum absolute atomic E-state index is 0.0143. The van der Waals surface area contributed by atoms with Gasteiger partial charge in [0.2, 0.25) is 0 Å². The molecule has 0 radical (unpaired) electrons. The Morgan fingerprint density at radius 3 is 2.37 bits per heavy atom. The zero-order valence-corrected chi connectivity index (χ0v) is 23.0. The standard InChI is InChI=1S/C30H37N3O5/c1-19-6-10-23(38-18-20-7-8-20)17-24(19)28(34)32-14-12-22(13-15-32)33-29(35)30(2,3)27(31-33)21-9-11-25(36-4)26(16-21)37-5/h6,9-11,16-17,20,22H,7-8,12-15,18H2,1-5H3. The molecule has 5 rings (SSSR count). The predicted molar refractivity (Wildman–Crippen MR) is 145 cm³/mol. The Kier molecular flexibility index (Phi) is 7.07. The van der Waals surface area contributed by atoms with Gasteiger partial charge in [0.25, 0.3) is 11.8 Å². The van der Waals surface area contributed by atoms with Crippen molar-refractivity contribution >= 4 is 17.5 Å². The second kappa shape index (κ2) is 10.3. The number of aryl methyl sites for hydroxylation is 1. The summed E-state index contributed by atoms with van der Waals surface area (Å²) in [5.74, 6) is 2.62. The van der Waals surface area contributed by atoms with Crippen molar-refractivity contribution in [1.29, 1.82) is 0 Å². The van der Waals surface area contributed by atoms with E-state index in [2.05, 4.69) is 0 Å². The van der Waals surface area contributed by atoms with Gasteiger partial charge in [0, 0.05) is 24.2 Å². The number of carbonyl (C=O) groups is 2. The molecule has 1 saturated heterocycles. The van der Waals surface area contributed by atoms with Gasteiger partial charge < -0.3 is 19.1 Å². The monoisotopic (exact) mass is 519 g/mol. The largest absolute Gasteiger partial charge is 0.493 e. The molecular weight excluding hydrogens is 482 g/mol. The molecule has 2 heterocycles. The lowest BCUT2D eigenvalue weighted by molar-refractivity contribution is -0.137. The number of hydrazone groups is 1. The number of rotatable bonds is 8. The van der Waals surface area contributed by atoms with E-state index in [9.17, 15) is 9.59 Å². The summed E-state index contributed by atoms with van der Waals surface area (Å²) in [6, 6.07) is 11.3. The molecule has 8 heteroatoms. The Morgan fingerprint density at radius 2 is 1.71 bits per heavy atom. The van der Waals surface area contributed by atoms with E-state index in [1.165, 1.54) is 12.8 Å². The van der Waals surface area contributed by atoms with Crippen LogP contribution in [0.2, 0.25) is 0 Å². The van der Waals surface area contributed by atoms with Crippen LogP contribution >= 0.6 is 0 Å². The Balaban J connectivity index is 1.28. The fraction of sp³-hybridized carbons (Fsp3) is 0.500. The lowest BCUT2D eigenvalue weighted by Crippen LogP contribution is -2.47. The lowest BCUT2D eigenvalue weighted by atomic mass is 9.83. The van der Waals surface area contributed by atoms with E-state index in [0.717, 1.165) is 16.9 Å². The molecule has 2 aromatic carbocycles. The number of carbonyl (C=O) groups excluding carboxylic acids is 2. The predicted octanol–water partition coefficient (Wildman–Crippen LogP) is 4.68. The highest BCUT2D eigenvalue weighted by atomic mass is 16.5. The Hall–Kier alpha value is -3.55. The van der Waals surface area contributed by atoms with Gasteiger partial charge in [-0.1, -0.05) is 6.07 Å². The van der Waals surface area contributed by atoms with Gasteiger partial charge in [0.15, 0.2) is 11.5 Å². The number of hydrogen-bond donors (Lipinski definition) is 0. The molecule has 8 nitrogen and oxygen atoms in total. The van der Waals surface area contributed by atoms with E-state index in [1.54, 1.807) is 19.2 Å². The molecule has 1 saturated carbocycles. The first-order valence-corrected chi connectivity index (χ1v) is 13.4. The highest BCUT2D eigenvalue weighted by Gasteiger charge is 2.47. The van der Waals surface area contributed by atoms with E-state index < -0.39 is 5.41 Å². The highest BCUT2D eigenvalue weighted by Crippen LogP contribution is 2.38. The quantitative estimate of drug-likeness (QED) is 0.506. The van der Waals surface area contributed by atoms with Crippen LogP contribution in [0, 0.1) is 18.3 Å². The SMILES string of the molecule is COc1ccc(C2=NN(C3CCN(C(=O)c4cc(OCC5CC5)ccc4C)CC3)C(=O)C2(C)C)cc1OC. The Morgan fingerprint density at radius 1 is 1.00 bits per heavy atom. The first kappa shape index (κ1) is 26.1. The number of benzene rings is 2. The van der Waals surface area contributed by atoms with Crippen LogP contribution in [-0.4, -0.2) is 67.4 Å². The molecule has 0 unspecified atom stereocenters. The number of nitrogens with zero attached hydrogens (tertiary/aromatic N) is 3. The van der Waals surface area contributed by atoms with Crippen molar-refractivity contribution in [2.45, 2.75) is 52.5 Å². The van der Waals surface area contributed by atoms with Gasteiger partial charge in [-0.05, 0) is 88.3 Å². The number of ether oxygens (including phenoxy) is 3. The van der Waals surface area contributed by atoms with E-state index in [0.29, 0.717) is 61.2 Å². The van der Waals surface area contributed by atoms with Gasteiger partial charge in [-0.15, -0.1) is 0 Å². The van der Waals surface area contributed by atoms with Crippen LogP contribution in [-0.2, 0) is 4.79 Å². The Bertz CT molecular complexity index is 1260. The smallest absolute Gasteiger partial charge is 0.254 e. The molecule has 2 fully saturated rings. The summed E-state index contributed by atoms with van der Waals surface area (Å²) in [7, 11) is 3.19. The van der Waals surface area contributed by atoms with Gasteiger partial charge in [-0.2, -0.15) is 5.10 Å². The Labute approximate surface area is 224 Å². The number of hydrogen-bond acceptors (Lipinski definition) is 6. The van der Waals surface area contributed by atoms with Crippen LogP contribution in [0.5, 0.6) is 17.2 Å². The molecule has 0 atom stereocenters. The van der Waals surface area contributed by atoms with Crippen molar-refractivity contribution in [3.05, 3.63) is 53.1 Å². The number of likely N-dealkylation sites (tertiary alicyclic amines) is 1. The van der Waals surface area contributed by atoms with Gasteiger partial charge >= 0.3 is 0 Å². The van der Waals surface area contributed by atoms with Gasteiger partial charge in [-0.25, -0.2) is 5.01 Å². The molecule has 0 spiro atoms. The third-order valence-electron chi connectivity index (χ3n) is 7.92. The first-order chi connectivity index (χ1) is 18.2. The average molecular weight is 520 g/mol. The van der Waals surface area contributed by atoms with Gasteiger partial charge in [-0.3, -0.25) is 9.59 Å². The van der Waals surface area contributed by atoms with Crippen molar-refractivity contribution in [1.82, 2.24) is 9.91 Å². The van der Waals surface area contributed by atoms with Crippen LogP contribution in [0.3, 0.4) is 0 Å². The molecule has 38 heavy (non-hydrogen) atoms. The summed E-state index contributed by atoms with van der Waals surface area (Å²) in [5.41, 5.74) is 2.39.